The summed E-state index contributed by atoms with van der Waals surface area (Å²) in [6.45, 7) is 4.35. The van der Waals surface area contributed by atoms with Gasteiger partial charge in [0.2, 0.25) is 11.8 Å². The molecule has 0 saturated carbocycles. The Morgan fingerprint density at radius 1 is 1.06 bits per heavy atom. The highest BCUT2D eigenvalue weighted by atomic mass is 35.5. The van der Waals surface area contributed by atoms with Crippen molar-refractivity contribution >= 4 is 58.5 Å². The molecule has 2 amide bonds. The van der Waals surface area contributed by atoms with Crippen LogP contribution >= 0.6 is 35.0 Å². The molecule has 0 atom stereocenters. The van der Waals surface area contributed by atoms with Crippen molar-refractivity contribution < 1.29 is 9.59 Å². The molecule has 1 heterocycles. The maximum atomic E-state index is 12.3. The standard InChI is InChI=1S/C23H21Cl2N5O2S/c1-2-13-30-20(14-26-21(31)12-11-16-7-3-4-8-17(16)24)28-29-23(30)33-15-22(32)27-19-10-6-5-9-18(19)25/h2-12H,1,13-15H2,(H,26,31)(H,27,32). The molecule has 33 heavy (non-hydrogen) atoms. The average molecular weight is 502 g/mol. The summed E-state index contributed by atoms with van der Waals surface area (Å²) in [5.74, 6) is 0.147. The number of anilines is 1. The van der Waals surface area contributed by atoms with Gasteiger partial charge in [0.1, 0.15) is 0 Å². The molecule has 10 heteroatoms. The minimum Gasteiger partial charge on any atom is -0.345 e. The molecule has 7 nitrogen and oxygen atoms in total. The van der Waals surface area contributed by atoms with E-state index in [1.807, 2.05) is 18.2 Å². The molecule has 2 N–H and O–H groups in total. The number of hydrogen-bond donors (Lipinski definition) is 2. The fraction of sp³-hybridized carbons (Fsp3) is 0.130. The third kappa shape index (κ3) is 7.21. The van der Waals surface area contributed by atoms with Gasteiger partial charge in [-0.25, -0.2) is 0 Å². The lowest BCUT2D eigenvalue weighted by molar-refractivity contribution is -0.116. The molecule has 0 aliphatic rings. The SMILES string of the molecule is C=CCn1c(CNC(=O)C=Cc2ccccc2Cl)nnc1SCC(=O)Nc1ccccc1Cl. The summed E-state index contributed by atoms with van der Waals surface area (Å²) in [6.07, 6.45) is 4.75. The van der Waals surface area contributed by atoms with Crippen LogP contribution in [0.15, 0.2) is 72.4 Å². The van der Waals surface area contributed by atoms with Crippen molar-refractivity contribution in [1.29, 1.82) is 0 Å². The van der Waals surface area contributed by atoms with Crippen molar-refractivity contribution in [3.8, 4) is 0 Å². The quantitative estimate of drug-likeness (QED) is 0.236. The molecule has 0 saturated heterocycles. The molecule has 1 aromatic heterocycles. The molecule has 3 rings (SSSR count). The number of carbonyl (C=O) groups is 2. The van der Waals surface area contributed by atoms with Gasteiger partial charge in [0.15, 0.2) is 11.0 Å². The van der Waals surface area contributed by atoms with E-state index in [9.17, 15) is 9.59 Å². The van der Waals surface area contributed by atoms with Crippen molar-refractivity contribution in [2.45, 2.75) is 18.2 Å². The second-order valence-electron chi connectivity index (χ2n) is 6.69. The van der Waals surface area contributed by atoms with E-state index in [2.05, 4.69) is 27.4 Å². The van der Waals surface area contributed by atoms with Crippen LogP contribution in [0.4, 0.5) is 5.69 Å². The second kappa shape index (κ2) is 12.2. The monoisotopic (exact) mass is 501 g/mol. The first kappa shape index (κ1) is 24.6. The molecule has 0 spiro atoms. The Balaban J connectivity index is 1.58. The minimum atomic E-state index is -0.295. The fourth-order valence-corrected chi connectivity index (χ4v) is 3.90. The maximum Gasteiger partial charge on any atom is 0.244 e. The average Bonchev–Trinajstić information content (AvgIpc) is 3.19. The van der Waals surface area contributed by atoms with Crippen LogP contribution in [0.1, 0.15) is 11.4 Å². The van der Waals surface area contributed by atoms with Gasteiger partial charge in [-0.1, -0.05) is 71.4 Å². The lowest BCUT2D eigenvalue weighted by Crippen LogP contribution is -2.23. The summed E-state index contributed by atoms with van der Waals surface area (Å²) in [6, 6.07) is 14.2. The van der Waals surface area contributed by atoms with Crippen LogP contribution in [0.2, 0.25) is 10.0 Å². The molecule has 0 unspecified atom stereocenters. The number of carbonyl (C=O) groups excluding carboxylic acids is 2. The van der Waals surface area contributed by atoms with Crippen LogP contribution in [-0.4, -0.2) is 32.3 Å². The van der Waals surface area contributed by atoms with E-state index >= 15 is 0 Å². The first-order valence-electron chi connectivity index (χ1n) is 9.88. The lowest BCUT2D eigenvalue weighted by atomic mass is 10.2. The summed E-state index contributed by atoms with van der Waals surface area (Å²) in [4.78, 5) is 24.5. The Morgan fingerprint density at radius 3 is 2.52 bits per heavy atom. The van der Waals surface area contributed by atoms with Crippen molar-refractivity contribution in [1.82, 2.24) is 20.1 Å². The zero-order chi connectivity index (χ0) is 23.6. The van der Waals surface area contributed by atoms with Gasteiger partial charge < -0.3 is 15.2 Å². The molecule has 0 aliphatic heterocycles. The van der Waals surface area contributed by atoms with Crippen LogP contribution in [0, 0.1) is 0 Å². The predicted octanol–water partition coefficient (Wildman–Crippen LogP) is 4.83. The zero-order valence-corrected chi connectivity index (χ0v) is 19.8. The van der Waals surface area contributed by atoms with Crippen molar-refractivity contribution in [3.63, 3.8) is 0 Å². The van der Waals surface area contributed by atoms with Gasteiger partial charge in [0.05, 0.1) is 23.0 Å². The summed E-state index contributed by atoms with van der Waals surface area (Å²) >= 11 is 13.4. The Hall–Kier alpha value is -3.07. The number of amides is 2. The third-order valence-corrected chi connectivity index (χ3v) is 5.97. The van der Waals surface area contributed by atoms with E-state index in [1.54, 1.807) is 47.1 Å². The molecular weight excluding hydrogens is 481 g/mol. The van der Waals surface area contributed by atoms with Crippen LogP contribution in [0.3, 0.4) is 0 Å². The highest BCUT2D eigenvalue weighted by Crippen LogP contribution is 2.22. The first-order chi connectivity index (χ1) is 16.0. The van der Waals surface area contributed by atoms with E-state index in [1.165, 1.54) is 17.8 Å². The van der Waals surface area contributed by atoms with Crippen LogP contribution < -0.4 is 10.6 Å². The summed E-state index contributed by atoms with van der Waals surface area (Å²) < 4.78 is 1.79. The summed E-state index contributed by atoms with van der Waals surface area (Å²) in [5, 5.41) is 15.4. The number of para-hydroxylation sites is 1. The van der Waals surface area contributed by atoms with Crippen LogP contribution in [0.25, 0.3) is 6.08 Å². The van der Waals surface area contributed by atoms with Gasteiger partial charge in [-0.05, 0) is 29.8 Å². The molecule has 3 aromatic rings. The summed E-state index contributed by atoms with van der Waals surface area (Å²) in [5.41, 5.74) is 1.29. The number of rotatable bonds is 10. The normalized spacial score (nSPS) is 10.8. The van der Waals surface area contributed by atoms with Crippen molar-refractivity contribution in [3.05, 3.63) is 88.7 Å². The molecule has 0 fully saturated rings. The Kier molecular flexibility index (Phi) is 9.12. The van der Waals surface area contributed by atoms with Gasteiger partial charge in [0, 0.05) is 17.6 Å². The fourth-order valence-electron chi connectivity index (χ4n) is 2.75. The number of aromatic nitrogens is 3. The number of nitrogens with zero attached hydrogens (tertiary/aromatic N) is 3. The first-order valence-corrected chi connectivity index (χ1v) is 11.6. The number of allylic oxidation sites excluding steroid dienone is 1. The number of hydrogen-bond acceptors (Lipinski definition) is 5. The second-order valence-corrected chi connectivity index (χ2v) is 8.44. The number of benzene rings is 2. The third-order valence-electron chi connectivity index (χ3n) is 4.33. The van der Waals surface area contributed by atoms with E-state index in [-0.39, 0.29) is 24.1 Å². The number of halogens is 2. The lowest BCUT2D eigenvalue weighted by Gasteiger charge is -2.09. The highest BCUT2D eigenvalue weighted by Gasteiger charge is 2.14. The van der Waals surface area contributed by atoms with Gasteiger partial charge in [-0.15, -0.1) is 16.8 Å². The smallest absolute Gasteiger partial charge is 0.244 e. The van der Waals surface area contributed by atoms with Crippen LogP contribution in [-0.2, 0) is 22.7 Å². The maximum absolute atomic E-state index is 12.3. The molecular formula is C23H21Cl2N5O2S. The molecule has 170 valence electrons. The van der Waals surface area contributed by atoms with Crippen molar-refractivity contribution in [2.75, 3.05) is 11.1 Å². The van der Waals surface area contributed by atoms with Gasteiger partial charge in [0.25, 0.3) is 0 Å². The zero-order valence-electron chi connectivity index (χ0n) is 17.5. The van der Waals surface area contributed by atoms with E-state index in [4.69, 9.17) is 23.2 Å². The topological polar surface area (TPSA) is 88.9 Å². The van der Waals surface area contributed by atoms with Gasteiger partial charge >= 0.3 is 0 Å². The minimum absolute atomic E-state index is 0.118. The number of thioether (sulfide) groups is 1. The largest absolute Gasteiger partial charge is 0.345 e. The summed E-state index contributed by atoms with van der Waals surface area (Å²) in [7, 11) is 0. The molecule has 0 aliphatic carbocycles. The van der Waals surface area contributed by atoms with Crippen molar-refractivity contribution in [2.24, 2.45) is 0 Å². The molecule has 2 aromatic carbocycles. The van der Waals surface area contributed by atoms with Crippen LogP contribution in [0.5, 0.6) is 0 Å². The van der Waals surface area contributed by atoms with E-state index < -0.39 is 0 Å². The number of nitrogens with one attached hydrogen (secondary N) is 2. The predicted molar refractivity (Wildman–Crippen MR) is 133 cm³/mol. The van der Waals surface area contributed by atoms with E-state index in [0.717, 1.165) is 5.56 Å². The van der Waals surface area contributed by atoms with Gasteiger partial charge in [-0.2, -0.15) is 0 Å². The van der Waals surface area contributed by atoms with E-state index in [0.29, 0.717) is 33.3 Å². The molecule has 0 bridgehead atoms. The Bertz CT molecular complexity index is 1180. The highest BCUT2D eigenvalue weighted by molar-refractivity contribution is 7.99. The molecule has 0 radical (unpaired) electrons. The van der Waals surface area contributed by atoms with Gasteiger partial charge in [-0.3, -0.25) is 9.59 Å². The Morgan fingerprint density at radius 2 is 1.79 bits per heavy atom. The Labute approximate surface area is 205 Å².